The second kappa shape index (κ2) is 7.46. The predicted octanol–water partition coefficient (Wildman–Crippen LogP) is 2.52. The van der Waals surface area contributed by atoms with Crippen LogP contribution in [0.1, 0.15) is 6.92 Å². The van der Waals surface area contributed by atoms with Crippen LogP contribution in [-0.4, -0.2) is 32.3 Å². The van der Waals surface area contributed by atoms with Crippen LogP contribution in [0.4, 0.5) is 0 Å². The van der Waals surface area contributed by atoms with E-state index in [4.69, 9.17) is 32.7 Å². The lowest BCUT2D eigenvalue weighted by molar-refractivity contribution is -0.124. The third-order valence-corrected chi connectivity index (χ3v) is 2.61. The number of nitrogens with one attached hydrogen (secondary N) is 1. The first-order valence-corrected chi connectivity index (χ1v) is 6.14. The van der Waals surface area contributed by atoms with Gasteiger partial charge in [-0.2, -0.15) is 0 Å². The van der Waals surface area contributed by atoms with Gasteiger partial charge in [-0.25, -0.2) is 0 Å². The fraction of sp³-hybridized carbons (Fsp3) is 0.417. The van der Waals surface area contributed by atoms with Gasteiger partial charge in [0.25, 0.3) is 5.91 Å². The molecule has 0 aliphatic rings. The van der Waals surface area contributed by atoms with Gasteiger partial charge >= 0.3 is 0 Å². The van der Waals surface area contributed by atoms with Gasteiger partial charge in [0.15, 0.2) is 6.61 Å². The zero-order valence-corrected chi connectivity index (χ0v) is 11.7. The van der Waals surface area contributed by atoms with E-state index in [-0.39, 0.29) is 18.6 Å². The molecule has 0 unspecified atom stereocenters. The maximum absolute atomic E-state index is 11.5. The molecule has 0 saturated carbocycles. The number of carbonyl (C=O) groups excluding carboxylic acids is 1. The van der Waals surface area contributed by atoms with Gasteiger partial charge in [-0.3, -0.25) is 4.79 Å². The van der Waals surface area contributed by atoms with Crippen molar-refractivity contribution in [3.8, 4) is 5.75 Å². The van der Waals surface area contributed by atoms with Crippen molar-refractivity contribution in [1.29, 1.82) is 0 Å². The molecule has 0 aliphatic heterocycles. The molecule has 0 aromatic heterocycles. The van der Waals surface area contributed by atoms with Crippen molar-refractivity contribution >= 4 is 29.1 Å². The van der Waals surface area contributed by atoms with Gasteiger partial charge < -0.3 is 14.8 Å². The normalized spacial score (nSPS) is 12.0. The number of ether oxygens (including phenoxy) is 2. The molecule has 0 fully saturated rings. The largest absolute Gasteiger partial charge is 0.482 e. The highest BCUT2D eigenvalue weighted by molar-refractivity contribution is 6.35. The van der Waals surface area contributed by atoms with Gasteiger partial charge in [-0.05, 0) is 25.1 Å². The Kier molecular flexibility index (Phi) is 6.25. The van der Waals surface area contributed by atoms with E-state index in [1.165, 1.54) is 0 Å². The van der Waals surface area contributed by atoms with Gasteiger partial charge in [0.2, 0.25) is 0 Å². The standard InChI is InChI=1S/C12H15Cl2NO3/c1-8(6-17-2)15-12(16)7-18-11-4-3-9(13)5-10(11)14/h3-5,8H,6-7H2,1-2H3,(H,15,16)/t8-/m0/s1. The van der Waals surface area contributed by atoms with Crippen LogP contribution >= 0.6 is 23.2 Å². The highest BCUT2D eigenvalue weighted by atomic mass is 35.5. The lowest BCUT2D eigenvalue weighted by atomic mass is 10.3. The summed E-state index contributed by atoms with van der Waals surface area (Å²) in [5.41, 5.74) is 0. The van der Waals surface area contributed by atoms with Gasteiger partial charge in [0.05, 0.1) is 11.6 Å². The summed E-state index contributed by atoms with van der Waals surface area (Å²) < 4.78 is 10.2. The molecule has 4 nitrogen and oxygen atoms in total. The molecule has 0 heterocycles. The number of rotatable bonds is 6. The molecule has 100 valence electrons. The lowest BCUT2D eigenvalue weighted by Gasteiger charge is -2.13. The molecule has 6 heteroatoms. The minimum absolute atomic E-state index is 0.0632. The number of hydrogen-bond donors (Lipinski definition) is 1. The fourth-order valence-corrected chi connectivity index (χ4v) is 1.81. The second-order valence-corrected chi connectivity index (χ2v) is 4.63. The fourth-order valence-electron chi connectivity index (χ4n) is 1.34. The van der Waals surface area contributed by atoms with Gasteiger partial charge in [-0.15, -0.1) is 0 Å². The second-order valence-electron chi connectivity index (χ2n) is 3.79. The molecular formula is C12H15Cl2NO3. The zero-order valence-electron chi connectivity index (χ0n) is 10.2. The van der Waals surface area contributed by atoms with E-state index in [0.717, 1.165) is 0 Å². The van der Waals surface area contributed by atoms with Crippen molar-refractivity contribution in [1.82, 2.24) is 5.32 Å². The molecule has 1 amide bonds. The average molecular weight is 292 g/mol. The molecule has 0 bridgehead atoms. The minimum atomic E-state index is -0.231. The van der Waals surface area contributed by atoms with Crippen molar-refractivity contribution in [2.45, 2.75) is 13.0 Å². The molecule has 1 aromatic rings. The van der Waals surface area contributed by atoms with E-state index < -0.39 is 0 Å². The molecule has 1 atom stereocenters. The highest BCUT2D eigenvalue weighted by Crippen LogP contribution is 2.27. The molecule has 0 saturated heterocycles. The van der Waals surface area contributed by atoms with Crippen molar-refractivity contribution in [3.05, 3.63) is 28.2 Å². The summed E-state index contributed by atoms with van der Waals surface area (Å²) >= 11 is 11.7. The maximum atomic E-state index is 11.5. The molecule has 0 spiro atoms. The van der Waals surface area contributed by atoms with Crippen LogP contribution < -0.4 is 10.1 Å². The monoisotopic (exact) mass is 291 g/mol. The molecule has 1 aromatic carbocycles. The summed E-state index contributed by atoms with van der Waals surface area (Å²) in [6, 6.07) is 4.76. The number of benzene rings is 1. The third kappa shape index (κ3) is 5.12. The molecule has 1 rings (SSSR count). The first kappa shape index (κ1) is 15.1. The summed E-state index contributed by atoms with van der Waals surface area (Å²) in [7, 11) is 1.58. The Hall–Kier alpha value is -0.970. The molecule has 1 N–H and O–H groups in total. The van der Waals surface area contributed by atoms with Gasteiger partial charge in [0, 0.05) is 18.2 Å². The summed E-state index contributed by atoms with van der Waals surface area (Å²) in [5, 5.41) is 3.62. The van der Waals surface area contributed by atoms with Crippen molar-refractivity contribution < 1.29 is 14.3 Å². The van der Waals surface area contributed by atoms with Crippen LogP contribution in [0.25, 0.3) is 0 Å². The predicted molar refractivity (Wildman–Crippen MR) is 71.4 cm³/mol. The quantitative estimate of drug-likeness (QED) is 0.876. The summed E-state index contributed by atoms with van der Waals surface area (Å²) in [4.78, 5) is 11.5. The Morgan fingerprint density at radius 2 is 2.17 bits per heavy atom. The lowest BCUT2D eigenvalue weighted by Crippen LogP contribution is -2.38. The molecular weight excluding hydrogens is 277 g/mol. The number of carbonyl (C=O) groups is 1. The summed E-state index contributed by atoms with van der Waals surface area (Å²) in [6.07, 6.45) is 0. The zero-order chi connectivity index (χ0) is 13.5. The van der Waals surface area contributed by atoms with Crippen LogP contribution in [0.5, 0.6) is 5.75 Å². The maximum Gasteiger partial charge on any atom is 0.258 e. The van der Waals surface area contributed by atoms with Crippen molar-refractivity contribution in [3.63, 3.8) is 0 Å². The molecule has 0 radical (unpaired) electrons. The SMILES string of the molecule is COC[C@H](C)NC(=O)COc1ccc(Cl)cc1Cl. The third-order valence-electron chi connectivity index (χ3n) is 2.08. The molecule has 18 heavy (non-hydrogen) atoms. The van der Waals surface area contributed by atoms with E-state index in [2.05, 4.69) is 5.32 Å². The number of hydrogen-bond acceptors (Lipinski definition) is 3. The number of methoxy groups -OCH3 is 1. The smallest absolute Gasteiger partial charge is 0.258 e. The molecule has 0 aliphatic carbocycles. The van der Waals surface area contributed by atoms with E-state index in [1.54, 1.807) is 25.3 Å². The Labute approximate surface area is 116 Å². The van der Waals surface area contributed by atoms with Crippen LogP contribution in [-0.2, 0) is 9.53 Å². The summed E-state index contributed by atoms with van der Waals surface area (Å²) in [5.74, 6) is 0.196. The van der Waals surface area contributed by atoms with Gasteiger partial charge in [-0.1, -0.05) is 23.2 Å². The van der Waals surface area contributed by atoms with E-state index in [1.807, 2.05) is 6.92 Å². The van der Waals surface area contributed by atoms with E-state index in [9.17, 15) is 4.79 Å². The van der Waals surface area contributed by atoms with Crippen LogP contribution in [0, 0.1) is 0 Å². The number of amides is 1. The van der Waals surface area contributed by atoms with Gasteiger partial charge in [0.1, 0.15) is 5.75 Å². The minimum Gasteiger partial charge on any atom is -0.482 e. The van der Waals surface area contributed by atoms with Crippen LogP contribution in [0.15, 0.2) is 18.2 Å². The van der Waals surface area contributed by atoms with Crippen LogP contribution in [0.2, 0.25) is 10.0 Å². The first-order valence-electron chi connectivity index (χ1n) is 5.39. The van der Waals surface area contributed by atoms with Crippen LogP contribution in [0.3, 0.4) is 0 Å². The topological polar surface area (TPSA) is 47.6 Å². The Bertz CT molecular complexity index is 412. The summed E-state index contributed by atoms with van der Waals surface area (Å²) in [6.45, 7) is 2.19. The Morgan fingerprint density at radius 3 is 2.78 bits per heavy atom. The van der Waals surface area contributed by atoms with Crippen molar-refractivity contribution in [2.24, 2.45) is 0 Å². The van der Waals surface area contributed by atoms with E-state index in [0.29, 0.717) is 22.4 Å². The van der Waals surface area contributed by atoms with E-state index >= 15 is 0 Å². The Balaban J connectivity index is 2.42. The van der Waals surface area contributed by atoms with Crippen molar-refractivity contribution in [2.75, 3.05) is 20.3 Å². The average Bonchev–Trinajstić information content (AvgIpc) is 2.28. The highest BCUT2D eigenvalue weighted by Gasteiger charge is 2.09. The number of halogens is 2. The first-order chi connectivity index (χ1) is 8.52. The Morgan fingerprint density at radius 1 is 1.44 bits per heavy atom.